The van der Waals surface area contributed by atoms with E-state index in [1.165, 1.54) is 0 Å². The van der Waals surface area contributed by atoms with Gasteiger partial charge in [-0.05, 0) is 42.0 Å². The maximum Gasteiger partial charge on any atom is 0.262 e. The lowest BCUT2D eigenvalue weighted by atomic mass is 9.75. The van der Waals surface area contributed by atoms with Crippen LogP contribution in [-0.4, -0.2) is 30.8 Å². The number of hydrogen-bond donors (Lipinski definition) is 1. The zero-order valence-corrected chi connectivity index (χ0v) is 14.3. The van der Waals surface area contributed by atoms with Crippen LogP contribution in [0.2, 0.25) is 0 Å². The van der Waals surface area contributed by atoms with E-state index in [4.69, 9.17) is 9.47 Å². The first-order chi connectivity index (χ1) is 12.0. The molecule has 1 amide bonds. The largest absolute Gasteiger partial charge is 0.497 e. The van der Waals surface area contributed by atoms with Crippen LogP contribution in [0, 0.1) is 0 Å². The van der Waals surface area contributed by atoms with Crippen molar-refractivity contribution in [3.05, 3.63) is 66.7 Å². The number of amides is 1. The fraction of sp³-hybridized carbons (Fsp3) is 0.250. The zero-order valence-electron chi connectivity index (χ0n) is 14.3. The molecule has 1 aliphatic rings. The lowest BCUT2D eigenvalue weighted by Gasteiger charge is -2.53. The standard InChI is InChI=1S/C20H21NO4/c1-4-13-20(23)18(14-5-9-16(24-2)10-6-14)21(19(20)22)15-7-11-17(25-3)12-8-15/h4-12,18,23H,1,13H2,2-3H3/t18-,20+/m0/s1. The summed E-state index contributed by atoms with van der Waals surface area (Å²) in [6.45, 7) is 3.67. The van der Waals surface area contributed by atoms with E-state index in [2.05, 4.69) is 6.58 Å². The maximum atomic E-state index is 12.7. The van der Waals surface area contributed by atoms with Gasteiger partial charge in [0.15, 0.2) is 5.60 Å². The van der Waals surface area contributed by atoms with Crippen LogP contribution in [-0.2, 0) is 4.79 Å². The maximum absolute atomic E-state index is 12.7. The van der Waals surface area contributed by atoms with Gasteiger partial charge >= 0.3 is 0 Å². The van der Waals surface area contributed by atoms with E-state index < -0.39 is 11.6 Å². The Kier molecular flexibility index (Phi) is 4.51. The number of carbonyl (C=O) groups is 1. The fourth-order valence-electron chi connectivity index (χ4n) is 3.23. The second kappa shape index (κ2) is 6.61. The Bertz CT molecular complexity index is 769. The fourth-order valence-corrected chi connectivity index (χ4v) is 3.23. The highest BCUT2D eigenvalue weighted by molar-refractivity contribution is 6.08. The summed E-state index contributed by atoms with van der Waals surface area (Å²) in [5.74, 6) is 1.09. The van der Waals surface area contributed by atoms with E-state index in [0.717, 1.165) is 11.3 Å². The minimum Gasteiger partial charge on any atom is -0.497 e. The predicted octanol–water partition coefficient (Wildman–Crippen LogP) is 3.10. The molecule has 2 atom stereocenters. The molecule has 3 rings (SSSR count). The van der Waals surface area contributed by atoms with Crippen molar-refractivity contribution in [3.63, 3.8) is 0 Å². The smallest absolute Gasteiger partial charge is 0.262 e. The van der Waals surface area contributed by atoms with Crippen molar-refractivity contribution >= 4 is 11.6 Å². The first-order valence-electron chi connectivity index (χ1n) is 8.00. The molecule has 25 heavy (non-hydrogen) atoms. The van der Waals surface area contributed by atoms with Crippen molar-refractivity contribution in [1.29, 1.82) is 0 Å². The van der Waals surface area contributed by atoms with Gasteiger partial charge in [0.05, 0.1) is 14.2 Å². The molecule has 130 valence electrons. The van der Waals surface area contributed by atoms with Crippen LogP contribution in [0.5, 0.6) is 11.5 Å². The minimum atomic E-state index is -1.49. The number of hydrogen-bond acceptors (Lipinski definition) is 4. The van der Waals surface area contributed by atoms with E-state index in [0.29, 0.717) is 11.4 Å². The number of aliphatic hydroxyl groups is 1. The number of benzene rings is 2. The molecule has 2 aromatic rings. The van der Waals surface area contributed by atoms with Crippen LogP contribution >= 0.6 is 0 Å². The summed E-state index contributed by atoms with van der Waals surface area (Å²) in [5, 5.41) is 10.9. The molecule has 1 saturated heterocycles. The molecule has 0 saturated carbocycles. The molecule has 5 nitrogen and oxygen atoms in total. The van der Waals surface area contributed by atoms with Crippen molar-refractivity contribution in [3.8, 4) is 11.5 Å². The van der Waals surface area contributed by atoms with Gasteiger partial charge in [0.25, 0.3) is 5.91 Å². The lowest BCUT2D eigenvalue weighted by Crippen LogP contribution is -2.68. The summed E-state index contributed by atoms with van der Waals surface area (Å²) in [6, 6.07) is 14.1. The first kappa shape index (κ1) is 17.0. The van der Waals surface area contributed by atoms with Gasteiger partial charge in [0.2, 0.25) is 0 Å². The van der Waals surface area contributed by atoms with Crippen LogP contribution in [0.4, 0.5) is 5.69 Å². The number of carbonyl (C=O) groups excluding carboxylic acids is 1. The Morgan fingerprint density at radius 2 is 1.60 bits per heavy atom. The van der Waals surface area contributed by atoms with E-state index in [1.54, 1.807) is 49.5 Å². The number of nitrogens with zero attached hydrogens (tertiary/aromatic N) is 1. The molecule has 1 heterocycles. The van der Waals surface area contributed by atoms with Gasteiger partial charge in [-0.25, -0.2) is 0 Å². The van der Waals surface area contributed by atoms with Crippen molar-refractivity contribution in [1.82, 2.24) is 0 Å². The third kappa shape index (κ3) is 2.76. The summed E-state index contributed by atoms with van der Waals surface area (Å²) in [7, 11) is 3.19. The van der Waals surface area contributed by atoms with Crippen molar-refractivity contribution in [2.24, 2.45) is 0 Å². The van der Waals surface area contributed by atoms with Crippen LogP contribution in [0.3, 0.4) is 0 Å². The summed E-state index contributed by atoms with van der Waals surface area (Å²) in [4.78, 5) is 14.3. The van der Waals surface area contributed by atoms with Crippen molar-refractivity contribution < 1.29 is 19.4 Å². The number of methoxy groups -OCH3 is 2. The lowest BCUT2D eigenvalue weighted by molar-refractivity contribution is -0.153. The van der Waals surface area contributed by atoms with Gasteiger partial charge in [0.1, 0.15) is 17.5 Å². The van der Waals surface area contributed by atoms with Crippen LogP contribution in [0.15, 0.2) is 61.2 Å². The molecule has 1 aliphatic heterocycles. The third-order valence-electron chi connectivity index (χ3n) is 4.54. The molecule has 0 aromatic heterocycles. The minimum absolute atomic E-state index is 0.190. The molecule has 2 aromatic carbocycles. The predicted molar refractivity (Wildman–Crippen MR) is 96.0 cm³/mol. The van der Waals surface area contributed by atoms with E-state index in [9.17, 15) is 9.90 Å². The molecule has 0 radical (unpaired) electrons. The second-order valence-corrected chi connectivity index (χ2v) is 5.97. The van der Waals surface area contributed by atoms with Gasteiger partial charge in [-0.1, -0.05) is 18.2 Å². The first-order valence-corrected chi connectivity index (χ1v) is 8.00. The van der Waals surface area contributed by atoms with E-state index in [-0.39, 0.29) is 12.3 Å². The quantitative estimate of drug-likeness (QED) is 0.649. The number of β-lactam (4-membered cyclic amide) rings is 1. The SMILES string of the molecule is C=CC[C@]1(O)C(=O)N(c2ccc(OC)cc2)[C@H]1c1ccc(OC)cc1. The Morgan fingerprint density at radius 1 is 1.08 bits per heavy atom. The molecule has 5 heteroatoms. The molecule has 0 aliphatic carbocycles. The monoisotopic (exact) mass is 339 g/mol. The summed E-state index contributed by atoms with van der Waals surface area (Å²) < 4.78 is 10.3. The highest BCUT2D eigenvalue weighted by Crippen LogP contribution is 2.48. The van der Waals surface area contributed by atoms with Crippen LogP contribution < -0.4 is 14.4 Å². The second-order valence-electron chi connectivity index (χ2n) is 5.97. The van der Waals surface area contributed by atoms with Gasteiger partial charge in [-0.2, -0.15) is 0 Å². The van der Waals surface area contributed by atoms with Crippen molar-refractivity contribution in [2.75, 3.05) is 19.1 Å². The molecule has 1 fully saturated rings. The van der Waals surface area contributed by atoms with E-state index >= 15 is 0 Å². The molecular formula is C20H21NO4. The highest BCUT2D eigenvalue weighted by Gasteiger charge is 2.60. The summed E-state index contributed by atoms with van der Waals surface area (Å²) >= 11 is 0. The Labute approximate surface area is 147 Å². The average molecular weight is 339 g/mol. The third-order valence-corrected chi connectivity index (χ3v) is 4.54. The van der Waals surface area contributed by atoms with Gasteiger partial charge in [-0.15, -0.1) is 6.58 Å². The number of anilines is 1. The molecule has 0 bridgehead atoms. The molecule has 0 unspecified atom stereocenters. The van der Waals surface area contributed by atoms with Crippen molar-refractivity contribution in [2.45, 2.75) is 18.1 Å². The Balaban J connectivity index is 2.00. The van der Waals surface area contributed by atoms with Gasteiger partial charge in [-0.3, -0.25) is 9.69 Å². The molecular weight excluding hydrogens is 318 g/mol. The highest BCUT2D eigenvalue weighted by atomic mass is 16.5. The van der Waals surface area contributed by atoms with Crippen LogP contribution in [0.25, 0.3) is 0 Å². The van der Waals surface area contributed by atoms with Crippen LogP contribution in [0.1, 0.15) is 18.0 Å². The van der Waals surface area contributed by atoms with E-state index in [1.807, 2.05) is 24.3 Å². The summed E-state index contributed by atoms with van der Waals surface area (Å²) in [6.07, 6.45) is 1.76. The van der Waals surface area contributed by atoms with Gasteiger partial charge in [0, 0.05) is 12.1 Å². The number of rotatable bonds is 6. The molecule has 0 spiro atoms. The molecule has 1 N–H and O–H groups in total. The normalized spacial score (nSPS) is 22.3. The average Bonchev–Trinajstić information content (AvgIpc) is 2.66. The van der Waals surface area contributed by atoms with Gasteiger partial charge < -0.3 is 14.6 Å². The topological polar surface area (TPSA) is 59.0 Å². The Morgan fingerprint density at radius 3 is 2.08 bits per heavy atom. The zero-order chi connectivity index (χ0) is 18.0. The Hall–Kier alpha value is -2.79. The number of ether oxygens (including phenoxy) is 2. The summed E-state index contributed by atoms with van der Waals surface area (Å²) in [5.41, 5.74) is 0.0527.